The lowest BCUT2D eigenvalue weighted by Gasteiger charge is -2.19. The zero-order valence-corrected chi connectivity index (χ0v) is 6.42. The summed E-state index contributed by atoms with van der Waals surface area (Å²) in [6, 6.07) is -0.217. The fraction of sp³-hybridized carbons (Fsp3) is 0.857. The van der Waals surface area contributed by atoms with Gasteiger partial charge in [-0.05, 0) is 19.4 Å². The average Bonchev–Trinajstić information content (AvgIpc) is 2.36. The number of nitrogens with two attached hydrogens (primary N) is 1. The second-order valence-corrected chi connectivity index (χ2v) is 2.79. The Bertz CT molecular complexity index is 151. The highest BCUT2D eigenvalue weighted by Gasteiger charge is 2.27. The summed E-state index contributed by atoms with van der Waals surface area (Å²) in [4.78, 5) is 12.6. The van der Waals surface area contributed by atoms with Gasteiger partial charge in [0.2, 0.25) is 5.91 Å². The maximum absolute atomic E-state index is 11.9. The van der Waals surface area contributed by atoms with Crippen LogP contribution in [0.4, 0.5) is 4.39 Å². The quantitative estimate of drug-likeness (QED) is 0.627. The van der Waals surface area contributed by atoms with Crippen LogP contribution >= 0.6 is 0 Å². The van der Waals surface area contributed by atoms with Crippen LogP contribution in [0.1, 0.15) is 12.8 Å². The van der Waals surface area contributed by atoms with E-state index in [1.165, 1.54) is 0 Å². The lowest BCUT2D eigenvalue weighted by atomic mass is 10.2. The predicted molar refractivity (Wildman–Crippen MR) is 39.8 cm³/mol. The highest BCUT2D eigenvalue weighted by atomic mass is 19.1. The molecule has 0 radical (unpaired) electrons. The molecule has 1 unspecified atom stereocenters. The highest BCUT2D eigenvalue weighted by Crippen LogP contribution is 2.15. The number of amides is 1. The smallest absolute Gasteiger partial charge is 0.234 e. The number of alkyl halides is 1. The number of hydrogen-bond acceptors (Lipinski definition) is 2. The van der Waals surface area contributed by atoms with Crippen LogP contribution in [-0.4, -0.2) is 36.6 Å². The predicted octanol–water partition coefficient (Wildman–Crippen LogP) is -0.0944. The summed E-state index contributed by atoms with van der Waals surface area (Å²) in [7, 11) is 0. The Morgan fingerprint density at radius 3 is 3.00 bits per heavy atom. The fourth-order valence-corrected chi connectivity index (χ4v) is 1.52. The van der Waals surface area contributed by atoms with E-state index in [0.29, 0.717) is 6.54 Å². The standard InChI is InChI=1S/C7H13FN2O/c8-3-5-10-4-1-2-6(10)7(9)11/h6H,1-5H2,(H2,9,11). The Morgan fingerprint density at radius 2 is 2.45 bits per heavy atom. The Morgan fingerprint density at radius 1 is 1.73 bits per heavy atom. The van der Waals surface area contributed by atoms with Gasteiger partial charge in [-0.15, -0.1) is 0 Å². The van der Waals surface area contributed by atoms with Crippen molar-refractivity contribution in [2.24, 2.45) is 5.73 Å². The molecule has 64 valence electrons. The maximum Gasteiger partial charge on any atom is 0.234 e. The van der Waals surface area contributed by atoms with Crippen molar-refractivity contribution < 1.29 is 9.18 Å². The van der Waals surface area contributed by atoms with E-state index in [-0.39, 0.29) is 11.9 Å². The van der Waals surface area contributed by atoms with E-state index >= 15 is 0 Å². The molecule has 0 aliphatic carbocycles. The second kappa shape index (κ2) is 3.67. The molecule has 1 aliphatic heterocycles. The summed E-state index contributed by atoms with van der Waals surface area (Å²) >= 11 is 0. The fourth-order valence-electron chi connectivity index (χ4n) is 1.52. The van der Waals surface area contributed by atoms with Crippen LogP contribution in [0.2, 0.25) is 0 Å². The maximum atomic E-state index is 11.9. The van der Waals surface area contributed by atoms with Gasteiger partial charge in [-0.1, -0.05) is 0 Å². The van der Waals surface area contributed by atoms with E-state index in [0.717, 1.165) is 19.4 Å². The third-order valence-corrected chi connectivity index (χ3v) is 2.06. The molecule has 2 N–H and O–H groups in total. The third-order valence-electron chi connectivity index (χ3n) is 2.06. The molecule has 11 heavy (non-hydrogen) atoms. The molecule has 3 nitrogen and oxygen atoms in total. The highest BCUT2D eigenvalue weighted by molar-refractivity contribution is 5.80. The number of rotatable bonds is 3. The number of hydrogen-bond donors (Lipinski definition) is 1. The van der Waals surface area contributed by atoms with Crippen molar-refractivity contribution in [1.82, 2.24) is 4.90 Å². The lowest BCUT2D eigenvalue weighted by molar-refractivity contribution is -0.122. The molecule has 0 aromatic carbocycles. The molecule has 0 spiro atoms. The number of carbonyl (C=O) groups is 1. The van der Waals surface area contributed by atoms with Gasteiger partial charge in [0.25, 0.3) is 0 Å². The van der Waals surface area contributed by atoms with Crippen molar-refractivity contribution in [3.05, 3.63) is 0 Å². The molecule has 1 amide bonds. The molecule has 1 rings (SSSR count). The van der Waals surface area contributed by atoms with Gasteiger partial charge in [0.15, 0.2) is 0 Å². The first-order chi connectivity index (χ1) is 5.25. The van der Waals surface area contributed by atoms with Gasteiger partial charge in [-0.2, -0.15) is 0 Å². The number of halogens is 1. The summed E-state index contributed by atoms with van der Waals surface area (Å²) in [6.45, 7) is 0.745. The SMILES string of the molecule is NC(=O)C1CCCN1CCF. The van der Waals surface area contributed by atoms with E-state index in [4.69, 9.17) is 5.73 Å². The molecule has 0 aromatic heterocycles. The van der Waals surface area contributed by atoms with Gasteiger partial charge in [0, 0.05) is 6.54 Å². The van der Waals surface area contributed by atoms with E-state index in [1.807, 2.05) is 4.90 Å². The summed E-state index contributed by atoms with van der Waals surface area (Å²) in [5.74, 6) is -0.323. The van der Waals surface area contributed by atoms with Gasteiger partial charge in [-0.3, -0.25) is 9.69 Å². The molecule has 1 atom stereocenters. The second-order valence-electron chi connectivity index (χ2n) is 2.79. The van der Waals surface area contributed by atoms with Gasteiger partial charge in [0.05, 0.1) is 6.04 Å². The topological polar surface area (TPSA) is 46.3 Å². The largest absolute Gasteiger partial charge is 0.368 e. The van der Waals surface area contributed by atoms with Gasteiger partial charge < -0.3 is 5.73 Å². The number of primary amides is 1. The minimum atomic E-state index is -0.399. The number of carbonyl (C=O) groups excluding carboxylic acids is 1. The molecular formula is C7H13FN2O. The van der Waals surface area contributed by atoms with E-state index in [9.17, 15) is 9.18 Å². The van der Waals surface area contributed by atoms with E-state index < -0.39 is 6.67 Å². The van der Waals surface area contributed by atoms with E-state index in [2.05, 4.69) is 0 Å². The average molecular weight is 160 g/mol. The van der Waals surface area contributed by atoms with Crippen molar-refractivity contribution in [1.29, 1.82) is 0 Å². The van der Waals surface area contributed by atoms with Crippen LogP contribution in [0.5, 0.6) is 0 Å². The van der Waals surface area contributed by atoms with Crippen molar-refractivity contribution in [3.8, 4) is 0 Å². The molecule has 1 heterocycles. The summed E-state index contributed by atoms with van der Waals surface area (Å²) in [5, 5.41) is 0. The summed E-state index contributed by atoms with van der Waals surface area (Å²) < 4.78 is 11.9. The lowest BCUT2D eigenvalue weighted by Crippen LogP contribution is -2.41. The Kier molecular flexibility index (Phi) is 2.82. The molecular weight excluding hydrogens is 147 g/mol. The Hall–Kier alpha value is -0.640. The van der Waals surface area contributed by atoms with Crippen molar-refractivity contribution in [3.63, 3.8) is 0 Å². The minimum Gasteiger partial charge on any atom is -0.368 e. The monoisotopic (exact) mass is 160 g/mol. The zero-order chi connectivity index (χ0) is 8.27. The zero-order valence-electron chi connectivity index (χ0n) is 6.42. The van der Waals surface area contributed by atoms with Gasteiger partial charge in [0.1, 0.15) is 6.67 Å². The minimum absolute atomic E-state index is 0.217. The first-order valence-corrected chi connectivity index (χ1v) is 3.85. The molecule has 0 saturated carbocycles. The van der Waals surface area contributed by atoms with Crippen LogP contribution in [0.15, 0.2) is 0 Å². The normalized spacial score (nSPS) is 25.7. The third kappa shape index (κ3) is 1.89. The first-order valence-electron chi connectivity index (χ1n) is 3.85. The van der Waals surface area contributed by atoms with Crippen LogP contribution in [-0.2, 0) is 4.79 Å². The summed E-state index contributed by atoms with van der Waals surface area (Å²) in [5.41, 5.74) is 5.12. The Labute approximate surface area is 65.3 Å². The van der Waals surface area contributed by atoms with Crippen molar-refractivity contribution in [2.45, 2.75) is 18.9 Å². The van der Waals surface area contributed by atoms with Crippen LogP contribution in [0.3, 0.4) is 0 Å². The summed E-state index contributed by atoms with van der Waals surface area (Å²) in [6.07, 6.45) is 1.74. The van der Waals surface area contributed by atoms with Crippen molar-refractivity contribution >= 4 is 5.91 Å². The van der Waals surface area contributed by atoms with Gasteiger partial charge in [-0.25, -0.2) is 4.39 Å². The molecule has 0 aromatic rings. The molecule has 1 fully saturated rings. The van der Waals surface area contributed by atoms with Gasteiger partial charge >= 0.3 is 0 Å². The Balaban J connectivity index is 2.44. The molecule has 0 bridgehead atoms. The first kappa shape index (κ1) is 8.46. The molecule has 4 heteroatoms. The molecule has 1 aliphatic rings. The van der Waals surface area contributed by atoms with Crippen LogP contribution in [0, 0.1) is 0 Å². The van der Waals surface area contributed by atoms with E-state index in [1.54, 1.807) is 0 Å². The number of nitrogens with zero attached hydrogens (tertiary/aromatic N) is 1. The van der Waals surface area contributed by atoms with Crippen molar-refractivity contribution in [2.75, 3.05) is 19.8 Å². The number of likely N-dealkylation sites (tertiary alicyclic amines) is 1. The van der Waals surface area contributed by atoms with Crippen LogP contribution < -0.4 is 5.73 Å². The molecule has 1 saturated heterocycles. The van der Waals surface area contributed by atoms with Crippen LogP contribution in [0.25, 0.3) is 0 Å².